The van der Waals surface area contributed by atoms with Crippen molar-refractivity contribution in [3.63, 3.8) is 0 Å². The van der Waals surface area contributed by atoms with Gasteiger partial charge in [-0.05, 0) is 42.7 Å². The molecular formula is C32H29F7N4O4. The number of fused-ring (bicyclic) bond motifs is 2. The van der Waals surface area contributed by atoms with Gasteiger partial charge < -0.3 is 14.9 Å². The summed E-state index contributed by atoms with van der Waals surface area (Å²) in [5, 5.41) is 0. The van der Waals surface area contributed by atoms with Crippen LogP contribution >= 0.6 is 0 Å². The number of halogens is 7. The molecule has 250 valence electrons. The standard InChI is InChI=1S/C32H29F7N4O4/c33-23-8-4-7-22(31(34,35)36)21(23)16-42-25-18-46-30(11-13-41(14-12-30)15-20-9-10-26(47-20)32(37,38)39)27(25)28(44)43(29(42)45)17-24(40)19-5-2-1-3-6-19/h1-10,24H,11-18,40H2. The van der Waals surface area contributed by atoms with E-state index in [1.165, 1.54) is 6.07 Å². The van der Waals surface area contributed by atoms with Gasteiger partial charge in [-0.3, -0.25) is 18.8 Å². The third kappa shape index (κ3) is 6.26. The number of nitrogens with two attached hydrogens (primary N) is 1. The molecule has 8 nitrogen and oxygen atoms in total. The zero-order valence-corrected chi connectivity index (χ0v) is 24.7. The summed E-state index contributed by atoms with van der Waals surface area (Å²) in [4.78, 5) is 29.8. The quantitative estimate of drug-likeness (QED) is 0.260. The molecule has 4 aromatic rings. The fourth-order valence-corrected chi connectivity index (χ4v) is 6.40. The molecule has 2 aromatic carbocycles. The lowest BCUT2D eigenvalue weighted by Crippen LogP contribution is -2.49. The minimum atomic E-state index is -4.92. The number of hydrogen-bond acceptors (Lipinski definition) is 6. The van der Waals surface area contributed by atoms with Crippen LogP contribution in [0.3, 0.4) is 0 Å². The highest BCUT2D eigenvalue weighted by Gasteiger charge is 2.47. The van der Waals surface area contributed by atoms with Gasteiger partial charge in [0.25, 0.3) is 5.56 Å². The Balaban J connectivity index is 1.38. The SMILES string of the molecule is NC(Cn1c(=O)c2c(n(Cc3c(F)cccc3C(F)(F)F)c1=O)COC21CCN(Cc2ccc(C(F)(F)F)o2)CC1)c1ccccc1. The maximum absolute atomic E-state index is 15.0. The van der Waals surface area contributed by atoms with Crippen LogP contribution in [0.2, 0.25) is 0 Å². The Morgan fingerprint density at radius 2 is 1.55 bits per heavy atom. The Kier molecular flexibility index (Phi) is 8.43. The summed E-state index contributed by atoms with van der Waals surface area (Å²) in [5.74, 6) is -2.20. The molecule has 1 unspecified atom stereocenters. The molecule has 47 heavy (non-hydrogen) atoms. The highest BCUT2D eigenvalue weighted by atomic mass is 19.4. The predicted octanol–water partition coefficient (Wildman–Crippen LogP) is 5.55. The number of aromatic nitrogens is 2. The summed E-state index contributed by atoms with van der Waals surface area (Å²) in [6.07, 6.45) is -9.20. The summed E-state index contributed by atoms with van der Waals surface area (Å²) in [6.45, 7) is -0.865. The highest BCUT2D eigenvalue weighted by Crippen LogP contribution is 2.43. The van der Waals surface area contributed by atoms with Gasteiger partial charge in [0.15, 0.2) is 0 Å². The number of benzene rings is 2. The summed E-state index contributed by atoms with van der Waals surface area (Å²) in [6, 6.07) is 12.3. The summed E-state index contributed by atoms with van der Waals surface area (Å²) in [5.41, 5.74) is 2.12. The van der Waals surface area contributed by atoms with Gasteiger partial charge in [0.2, 0.25) is 5.76 Å². The Bertz CT molecular complexity index is 1890. The number of furan rings is 1. The molecule has 2 N–H and O–H groups in total. The van der Waals surface area contributed by atoms with Crippen molar-refractivity contribution in [2.24, 2.45) is 5.73 Å². The van der Waals surface area contributed by atoms with E-state index in [4.69, 9.17) is 14.9 Å². The molecule has 0 aliphatic carbocycles. The average Bonchev–Trinajstić information content (AvgIpc) is 3.65. The molecule has 0 bridgehead atoms. The van der Waals surface area contributed by atoms with Crippen LogP contribution in [0.4, 0.5) is 30.7 Å². The normalized spacial score (nSPS) is 17.3. The van der Waals surface area contributed by atoms with Crippen molar-refractivity contribution in [1.29, 1.82) is 0 Å². The van der Waals surface area contributed by atoms with Crippen LogP contribution in [0, 0.1) is 5.82 Å². The summed E-state index contributed by atoms with van der Waals surface area (Å²) >= 11 is 0. The van der Waals surface area contributed by atoms with Crippen molar-refractivity contribution in [3.05, 3.63) is 127 Å². The molecule has 2 aliphatic rings. The second-order valence-corrected chi connectivity index (χ2v) is 11.7. The molecule has 0 saturated carbocycles. The average molecular weight is 667 g/mol. The van der Waals surface area contributed by atoms with Gasteiger partial charge >= 0.3 is 18.0 Å². The van der Waals surface area contributed by atoms with Gasteiger partial charge in [-0.15, -0.1) is 0 Å². The molecule has 15 heteroatoms. The lowest BCUT2D eigenvalue weighted by Gasteiger charge is -2.38. The zero-order valence-electron chi connectivity index (χ0n) is 24.7. The van der Waals surface area contributed by atoms with Gasteiger partial charge in [-0.1, -0.05) is 36.4 Å². The van der Waals surface area contributed by atoms with E-state index < -0.39 is 64.5 Å². The Labute approximate surface area is 262 Å². The van der Waals surface area contributed by atoms with E-state index in [-0.39, 0.29) is 62.6 Å². The van der Waals surface area contributed by atoms with E-state index in [1.54, 1.807) is 30.3 Å². The summed E-state index contributed by atoms with van der Waals surface area (Å²) < 4.78 is 109. The summed E-state index contributed by atoms with van der Waals surface area (Å²) in [7, 11) is 0. The molecule has 1 atom stereocenters. The van der Waals surface area contributed by atoms with Crippen LogP contribution in [-0.4, -0.2) is 27.1 Å². The van der Waals surface area contributed by atoms with Crippen molar-refractivity contribution in [1.82, 2.24) is 14.0 Å². The van der Waals surface area contributed by atoms with E-state index in [0.29, 0.717) is 5.56 Å². The van der Waals surface area contributed by atoms with Gasteiger partial charge in [0.1, 0.15) is 17.2 Å². The topological polar surface area (TPSA) is 95.6 Å². The van der Waals surface area contributed by atoms with Crippen LogP contribution in [0.15, 0.2) is 74.7 Å². The van der Waals surface area contributed by atoms with Crippen molar-refractivity contribution in [3.8, 4) is 0 Å². The Morgan fingerprint density at radius 1 is 0.851 bits per heavy atom. The lowest BCUT2D eigenvalue weighted by atomic mass is 9.85. The van der Waals surface area contributed by atoms with Crippen molar-refractivity contribution in [2.45, 2.75) is 63.1 Å². The van der Waals surface area contributed by atoms with E-state index in [1.807, 2.05) is 4.90 Å². The van der Waals surface area contributed by atoms with Crippen LogP contribution in [0.5, 0.6) is 0 Å². The van der Waals surface area contributed by atoms with Crippen LogP contribution in [-0.2, 0) is 48.9 Å². The Morgan fingerprint density at radius 3 is 2.19 bits per heavy atom. The number of nitrogens with zero attached hydrogens (tertiary/aromatic N) is 3. The maximum Gasteiger partial charge on any atom is 0.449 e. The molecule has 4 heterocycles. The minimum absolute atomic E-state index is 0.0372. The van der Waals surface area contributed by atoms with Gasteiger partial charge in [0.05, 0.1) is 43.1 Å². The van der Waals surface area contributed by atoms with E-state index >= 15 is 0 Å². The van der Waals surface area contributed by atoms with Gasteiger partial charge in [-0.2, -0.15) is 26.3 Å². The van der Waals surface area contributed by atoms with E-state index in [9.17, 15) is 40.3 Å². The van der Waals surface area contributed by atoms with Gasteiger partial charge in [0, 0.05) is 24.7 Å². The maximum atomic E-state index is 15.0. The van der Waals surface area contributed by atoms with Crippen molar-refractivity contribution in [2.75, 3.05) is 13.1 Å². The molecule has 2 aliphatic heterocycles. The third-order valence-electron chi connectivity index (χ3n) is 8.81. The predicted molar refractivity (Wildman–Crippen MR) is 154 cm³/mol. The van der Waals surface area contributed by atoms with Crippen molar-refractivity contribution >= 4 is 0 Å². The number of alkyl halides is 6. The van der Waals surface area contributed by atoms with E-state index in [0.717, 1.165) is 33.4 Å². The first-order valence-corrected chi connectivity index (χ1v) is 14.7. The van der Waals surface area contributed by atoms with E-state index in [2.05, 4.69) is 0 Å². The van der Waals surface area contributed by atoms with Crippen LogP contribution in [0.1, 0.15) is 58.4 Å². The van der Waals surface area contributed by atoms with Gasteiger partial charge in [-0.25, -0.2) is 9.18 Å². The zero-order chi connectivity index (χ0) is 33.7. The number of rotatable bonds is 7. The number of likely N-dealkylation sites (tertiary alicyclic amines) is 1. The molecule has 1 fully saturated rings. The number of hydrogen-bond donors (Lipinski definition) is 1. The smallest absolute Gasteiger partial charge is 0.449 e. The molecule has 1 spiro atoms. The highest BCUT2D eigenvalue weighted by molar-refractivity contribution is 5.35. The number of piperidine rings is 1. The second-order valence-electron chi connectivity index (χ2n) is 11.7. The van der Waals surface area contributed by atoms with Crippen LogP contribution in [0.25, 0.3) is 0 Å². The minimum Gasteiger partial charge on any atom is -0.455 e. The third-order valence-corrected chi connectivity index (χ3v) is 8.81. The largest absolute Gasteiger partial charge is 0.455 e. The van der Waals surface area contributed by atoms with Crippen LogP contribution < -0.4 is 17.0 Å². The molecule has 2 aromatic heterocycles. The first-order valence-electron chi connectivity index (χ1n) is 14.7. The monoisotopic (exact) mass is 666 g/mol. The Hall–Kier alpha value is -4.21. The molecular weight excluding hydrogens is 637 g/mol. The molecule has 0 radical (unpaired) electrons. The lowest BCUT2D eigenvalue weighted by molar-refractivity contribution is -0.153. The molecule has 6 rings (SSSR count). The second kappa shape index (κ2) is 12.1. The first kappa shape index (κ1) is 32.7. The fraction of sp³-hybridized carbons (Fsp3) is 0.375. The fourth-order valence-electron chi connectivity index (χ4n) is 6.40. The molecule has 0 amide bonds. The number of ether oxygens (including phenoxy) is 1. The molecule has 1 saturated heterocycles. The van der Waals surface area contributed by atoms with Crippen molar-refractivity contribution < 1.29 is 39.9 Å². The first-order chi connectivity index (χ1) is 22.2.